The Morgan fingerprint density at radius 3 is 2.60 bits per heavy atom. The van der Waals surface area contributed by atoms with Crippen LogP contribution in [0.15, 0.2) is 46.9 Å². The first-order valence-corrected chi connectivity index (χ1v) is 9.06. The second-order valence-corrected chi connectivity index (χ2v) is 7.06. The van der Waals surface area contributed by atoms with Crippen LogP contribution in [0.5, 0.6) is 5.75 Å². The Balaban J connectivity index is 1.51. The molecular formula is C18H17BrClFN2O2. The number of ether oxygens (including phenoxy) is 1. The lowest BCUT2D eigenvalue weighted by atomic mass is 10.2. The number of hydrogen-bond acceptors (Lipinski definition) is 3. The number of piperazine rings is 1. The van der Waals surface area contributed by atoms with Crippen molar-refractivity contribution in [3.8, 4) is 5.75 Å². The molecule has 1 heterocycles. The molecule has 132 valence electrons. The number of carbonyl (C=O) groups excluding carboxylic acids is 1. The van der Waals surface area contributed by atoms with Gasteiger partial charge in [-0.3, -0.25) is 4.79 Å². The maximum absolute atomic E-state index is 13.7. The van der Waals surface area contributed by atoms with E-state index < -0.39 is 5.82 Å². The normalized spacial score (nSPS) is 14.5. The Morgan fingerprint density at radius 1 is 1.16 bits per heavy atom. The van der Waals surface area contributed by atoms with Crippen LogP contribution in [0.2, 0.25) is 5.02 Å². The van der Waals surface area contributed by atoms with Gasteiger partial charge in [0.05, 0.1) is 0 Å². The third-order valence-electron chi connectivity index (χ3n) is 4.05. The highest BCUT2D eigenvalue weighted by molar-refractivity contribution is 9.10. The van der Waals surface area contributed by atoms with Gasteiger partial charge in [0, 0.05) is 41.4 Å². The van der Waals surface area contributed by atoms with E-state index in [1.54, 1.807) is 11.0 Å². The average Bonchev–Trinajstić information content (AvgIpc) is 2.61. The minimum atomic E-state index is -0.493. The van der Waals surface area contributed by atoms with Gasteiger partial charge < -0.3 is 14.5 Å². The van der Waals surface area contributed by atoms with Gasteiger partial charge in [-0.2, -0.15) is 0 Å². The predicted octanol–water partition coefficient (Wildman–Crippen LogP) is 3.97. The molecule has 0 radical (unpaired) electrons. The number of benzene rings is 2. The highest BCUT2D eigenvalue weighted by Crippen LogP contribution is 2.22. The van der Waals surface area contributed by atoms with Gasteiger partial charge in [0.1, 0.15) is 0 Å². The van der Waals surface area contributed by atoms with Crippen LogP contribution in [-0.2, 0) is 4.79 Å². The Labute approximate surface area is 159 Å². The monoisotopic (exact) mass is 426 g/mol. The minimum absolute atomic E-state index is 0.0779. The lowest BCUT2D eigenvalue weighted by molar-refractivity contribution is -0.133. The van der Waals surface area contributed by atoms with Gasteiger partial charge in [-0.15, -0.1) is 0 Å². The van der Waals surface area contributed by atoms with E-state index in [-0.39, 0.29) is 18.3 Å². The number of halogens is 3. The first-order valence-electron chi connectivity index (χ1n) is 7.89. The predicted molar refractivity (Wildman–Crippen MR) is 99.8 cm³/mol. The van der Waals surface area contributed by atoms with Gasteiger partial charge in [-0.25, -0.2) is 4.39 Å². The smallest absolute Gasteiger partial charge is 0.260 e. The van der Waals surface area contributed by atoms with Crippen LogP contribution in [0.4, 0.5) is 10.1 Å². The van der Waals surface area contributed by atoms with Crippen LogP contribution in [0, 0.1) is 5.82 Å². The summed E-state index contributed by atoms with van der Waals surface area (Å²) in [6, 6.07) is 12.2. The molecule has 0 aromatic heterocycles. The maximum atomic E-state index is 13.7. The van der Waals surface area contributed by atoms with Crippen LogP contribution in [0.25, 0.3) is 0 Å². The Bertz CT molecular complexity index is 766. The molecule has 0 unspecified atom stereocenters. The molecule has 4 nitrogen and oxygen atoms in total. The molecule has 0 aliphatic carbocycles. The second-order valence-electron chi connectivity index (χ2n) is 5.71. The zero-order chi connectivity index (χ0) is 17.8. The molecule has 1 aliphatic heterocycles. The van der Waals surface area contributed by atoms with E-state index in [9.17, 15) is 9.18 Å². The second kappa shape index (κ2) is 8.06. The van der Waals surface area contributed by atoms with E-state index in [4.69, 9.17) is 16.3 Å². The third kappa shape index (κ3) is 4.64. The lowest BCUT2D eigenvalue weighted by Crippen LogP contribution is -2.50. The highest BCUT2D eigenvalue weighted by atomic mass is 79.9. The van der Waals surface area contributed by atoms with Crippen molar-refractivity contribution >= 4 is 39.1 Å². The molecule has 1 aliphatic rings. The van der Waals surface area contributed by atoms with Crippen LogP contribution < -0.4 is 9.64 Å². The van der Waals surface area contributed by atoms with Gasteiger partial charge >= 0.3 is 0 Å². The molecule has 0 N–H and O–H groups in total. The van der Waals surface area contributed by atoms with Crippen molar-refractivity contribution in [1.82, 2.24) is 4.90 Å². The van der Waals surface area contributed by atoms with Crippen molar-refractivity contribution in [2.75, 3.05) is 37.7 Å². The van der Waals surface area contributed by atoms with Gasteiger partial charge in [0.25, 0.3) is 5.91 Å². The van der Waals surface area contributed by atoms with E-state index in [1.807, 2.05) is 24.3 Å². The number of anilines is 1. The summed E-state index contributed by atoms with van der Waals surface area (Å²) in [5.41, 5.74) is 1.05. The summed E-state index contributed by atoms with van der Waals surface area (Å²) in [6.45, 7) is 2.46. The van der Waals surface area contributed by atoms with Crippen LogP contribution in [0.3, 0.4) is 0 Å². The molecule has 0 atom stereocenters. The zero-order valence-electron chi connectivity index (χ0n) is 13.4. The zero-order valence-corrected chi connectivity index (χ0v) is 15.8. The fraction of sp³-hybridized carbons (Fsp3) is 0.278. The maximum Gasteiger partial charge on any atom is 0.260 e. The number of amides is 1. The number of nitrogens with zero attached hydrogens (tertiary/aromatic N) is 2. The van der Waals surface area contributed by atoms with Gasteiger partial charge in [0.15, 0.2) is 18.2 Å². The summed E-state index contributed by atoms with van der Waals surface area (Å²) in [4.78, 5) is 16.2. The fourth-order valence-corrected chi connectivity index (χ4v) is 3.23. The SMILES string of the molecule is O=C(COc1ccc(Br)cc1F)N1CCN(c2cccc(Cl)c2)CC1. The molecule has 2 aromatic carbocycles. The van der Waals surface area contributed by atoms with Crippen LogP contribution in [0.1, 0.15) is 0 Å². The van der Waals surface area contributed by atoms with E-state index in [0.29, 0.717) is 22.6 Å². The topological polar surface area (TPSA) is 32.8 Å². The van der Waals surface area contributed by atoms with E-state index in [2.05, 4.69) is 20.8 Å². The molecule has 7 heteroatoms. The first-order chi connectivity index (χ1) is 12.0. The van der Waals surface area contributed by atoms with Crippen LogP contribution in [-0.4, -0.2) is 43.6 Å². The van der Waals surface area contributed by atoms with E-state index in [0.717, 1.165) is 18.8 Å². The number of rotatable bonds is 4. The summed E-state index contributed by atoms with van der Waals surface area (Å²) < 4.78 is 19.7. The molecular weight excluding hydrogens is 411 g/mol. The van der Waals surface area contributed by atoms with E-state index >= 15 is 0 Å². The molecule has 1 fully saturated rings. The summed E-state index contributed by atoms with van der Waals surface area (Å²) in [5.74, 6) is -0.560. The quantitative estimate of drug-likeness (QED) is 0.740. The van der Waals surface area contributed by atoms with Crippen molar-refractivity contribution in [1.29, 1.82) is 0 Å². The summed E-state index contributed by atoms with van der Waals surface area (Å²) >= 11 is 9.21. The van der Waals surface area contributed by atoms with Crippen molar-refractivity contribution in [2.45, 2.75) is 0 Å². The molecule has 1 saturated heterocycles. The Hall–Kier alpha value is -1.79. The summed E-state index contributed by atoms with van der Waals surface area (Å²) in [5, 5.41) is 0.695. The first kappa shape index (κ1) is 18.0. The lowest BCUT2D eigenvalue weighted by Gasteiger charge is -2.36. The third-order valence-corrected chi connectivity index (χ3v) is 4.78. The standard InChI is InChI=1S/C18H17BrClFN2O2/c19-13-4-5-17(16(21)10-13)25-12-18(24)23-8-6-22(7-9-23)15-3-1-2-14(20)11-15/h1-5,10-11H,6-9,12H2. The van der Waals surface area contributed by atoms with Crippen molar-refractivity contribution in [3.05, 3.63) is 57.8 Å². The molecule has 0 bridgehead atoms. The van der Waals surface area contributed by atoms with Gasteiger partial charge in [0.2, 0.25) is 0 Å². The highest BCUT2D eigenvalue weighted by Gasteiger charge is 2.22. The van der Waals surface area contributed by atoms with Crippen molar-refractivity contribution in [3.63, 3.8) is 0 Å². The average molecular weight is 428 g/mol. The van der Waals surface area contributed by atoms with Gasteiger partial charge in [-0.1, -0.05) is 33.6 Å². The van der Waals surface area contributed by atoms with Crippen molar-refractivity contribution in [2.24, 2.45) is 0 Å². The molecule has 0 saturated carbocycles. The Kier molecular flexibility index (Phi) is 5.81. The Morgan fingerprint density at radius 2 is 1.92 bits per heavy atom. The molecule has 2 aromatic rings. The van der Waals surface area contributed by atoms with Gasteiger partial charge in [-0.05, 0) is 36.4 Å². The minimum Gasteiger partial charge on any atom is -0.481 e. The summed E-state index contributed by atoms with van der Waals surface area (Å²) in [6.07, 6.45) is 0. The van der Waals surface area contributed by atoms with Crippen molar-refractivity contribution < 1.29 is 13.9 Å². The fourth-order valence-electron chi connectivity index (χ4n) is 2.71. The largest absolute Gasteiger partial charge is 0.481 e. The molecule has 25 heavy (non-hydrogen) atoms. The number of carbonyl (C=O) groups is 1. The molecule has 1 amide bonds. The van der Waals surface area contributed by atoms with Crippen LogP contribution >= 0.6 is 27.5 Å². The van der Waals surface area contributed by atoms with E-state index in [1.165, 1.54) is 12.1 Å². The number of hydrogen-bond donors (Lipinski definition) is 0. The summed E-state index contributed by atoms with van der Waals surface area (Å²) in [7, 11) is 0. The molecule has 3 rings (SSSR count). The molecule has 0 spiro atoms.